The van der Waals surface area contributed by atoms with Crippen LogP contribution in [0.5, 0.6) is 0 Å². The highest BCUT2D eigenvalue weighted by molar-refractivity contribution is 7.99. The second-order valence-electron chi connectivity index (χ2n) is 7.93. The number of rotatable bonds is 6. The average molecular weight is 449 g/mol. The second kappa shape index (κ2) is 8.66. The normalized spacial score (nSPS) is 13.8. The smallest absolute Gasteiger partial charge is 0.242 e. The molecule has 0 spiro atoms. The minimum absolute atomic E-state index is 0.0977. The summed E-state index contributed by atoms with van der Waals surface area (Å²) in [5, 5.41) is 12.3. The molecule has 5 rings (SSSR count). The van der Waals surface area contributed by atoms with Crippen LogP contribution in [-0.4, -0.2) is 54.7 Å². The van der Waals surface area contributed by atoms with E-state index in [-0.39, 0.29) is 24.1 Å². The highest BCUT2D eigenvalue weighted by Crippen LogP contribution is 2.26. The van der Waals surface area contributed by atoms with Crippen LogP contribution in [-0.2, 0) is 16.1 Å². The largest absolute Gasteiger partial charge is 0.341 e. The second-order valence-corrected chi connectivity index (χ2v) is 8.88. The van der Waals surface area contributed by atoms with Gasteiger partial charge in [-0.3, -0.25) is 18.6 Å². The van der Waals surface area contributed by atoms with Gasteiger partial charge in [-0.1, -0.05) is 42.1 Å². The van der Waals surface area contributed by atoms with E-state index in [9.17, 15) is 9.59 Å². The minimum atomic E-state index is -0.103. The van der Waals surface area contributed by atoms with Gasteiger partial charge in [0.2, 0.25) is 17.6 Å². The van der Waals surface area contributed by atoms with Gasteiger partial charge in [-0.25, -0.2) is 0 Å². The fourth-order valence-corrected chi connectivity index (χ4v) is 4.86. The minimum Gasteiger partial charge on any atom is -0.341 e. The van der Waals surface area contributed by atoms with Crippen LogP contribution in [0.4, 0.5) is 5.69 Å². The molecule has 164 valence electrons. The molecule has 3 heterocycles. The Morgan fingerprint density at radius 1 is 1.00 bits per heavy atom. The lowest BCUT2D eigenvalue weighted by Gasteiger charge is -2.15. The van der Waals surface area contributed by atoms with Crippen molar-refractivity contribution in [3.05, 3.63) is 54.1 Å². The van der Waals surface area contributed by atoms with E-state index in [1.54, 1.807) is 0 Å². The van der Waals surface area contributed by atoms with Crippen molar-refractivity contribution in [1.29, 1.82) is 0 Å². The molecule has 1 fully saturated rings. The van der Waals surface area contributed by atoms with E-state index < -0.39 is 0 Å². The van der Waals surface area contributed by atoms with Crippen molar-refractivity contribution in [2.24, 2.45) is 0 Å². The van der Waals surface area contributed by atoms with Gasteiger partial charge in [0.25, 0.3) is 0 Å². The third kappa shape index (κ3) is 3.84. The Morgan fingerprint density at radius 3 is 2.50 bits per heavy atom. The third-order valence-electron chi connectivity index (χ3n) is 5.77. The third-order valence-corrected chi connectivity index (χ3v) is 6.70. The number of carbonyl (C=O) groups excluding carboxylic acids is 2. The van der Waals surface area contributed by atoms with E-state index in [2.05, 4.69) is 15.5 Å². The SMILES string of the molecule is Cc1ccccc1NC(=O)CSc1nnc2n(CC(=O)N3CCCC3)c3ccccc3n12. The van der Waals surface area contributed by atoms with E-state index in [0.29, 0.717) is 10.9 Å². The summed E-state index contributed by atoms with van der Waals surface area (Å²) in [6.07, 6.45) is 2.12. The molecule has 0 unspecified atom stereocenters. The zero-order valence-corrected chi connectivity index (χ0v) is 18.6. The lowest BCUT2D eigenvalue weighted by molar-refractivity contribution is -0.130. The van der Waals surface area contributed by atoms with Gasteiger partial charge in [-0.2, -0.15) is 0 Å². The van der Waals surface area contributed by atoms with Crippen molar-refractivity contribution in [2.75, 3.05) is 24.2 Å². The fraction of sp³-hybridized carbons (Fsp3) is 0.304. The molecular formula is C23H24N6O2S. The van der Waals surface area contributed by atoms with Crippen LogP contribution in [0.1, 0.15) is 18.4 Å². The number of amides is 2. The first-order valence-electron chi connectivity index (χ1n) is 10.7. The Labute approximate surface area is 189 Å². The highest BCUT2D eigenvalue weighted by atomic mass is 32.2. The Morgan fingerprint density at radius 2 is 1.72 bits per heavy atom. The molecule has 1 aliphatic heterocycles. The van der Waals surface area contributed by atoms with Gasteiger partial charge in [0.1, 0.15) is 6.54 Å². The van der Waals surface area contributed by atoms with E-state index in [4.69, 9.17) is 0 Å². The molecule has 9 heteroatoms. The van der Waals surface area contributed by atoms with E-state index in [1.807, 2.05) is 69.3 Å². The van der Waals surface area contributed by atoms with Crippen LogP contribution in [0.2, 0.25) is 0 Å². The van der Waals surface area contributed by atoms with Crippen molar-refractivity contribution >= 4 is 46.1 Å². The Bertz CT molecular complexity index is 1300. The predicted molar refractivity (Wildman–Crippen MR) is 125 cm³/mol. The van der Waals surface area contributed by atoms with Gasteiger partial charge in [-0.05, 0) is 43.5 Å². The molecule has 4 aromatic rings. The monoisotopic (exact) mass is 448 g/mol. The summed E-state index contributed by atoms with van der Waals surface area (Å²) in [4.78, 5) is 27.2. The molecule has 2 amide bonds. The molecule has 1 saturated heterocycles. The Hall–Kier alpha value is -3.33. The summed E-state index contributed by atoms with van der Waals surface area (Å²) in [7, 11) is 0. The van der Waals surface area contributed by atoms with Crippen molar-refractivity contribution in [2.45, 2.75) is 31.5 Å². The van der Waals surface area contributed by atoms with Gasteiger partial charge in [0, 0.05) is 18.8 Å². The number of carbonyl (C=O) groups is 2. The van der Waals surface area contributed by atoms with E-state index in [1.165, 1.54) is 11.8 Å². The standard InChI is InChI=1S/C23H24N6O2S/c1-16-8-2-3-9-17(16)24-20(30)15-32-23-26-25-22-28(14-21(31)27-12-6-7-13-27)18-10-4-5-11-19(18)29(22)23/h2-5,8-11H,6-7,12-15H2,1H3,(H,24,30). The molecule has 1 aliphatic rings. The summed E-state index contributed by atoms with van der Waals surface area (Å²) < 4.78 is 3.85. The van der Waals surface area contributed by atoms with E-state index >= 15 is 0 Å². The van der Waals surface area contributed by atoms with Crippen LogP contribution < -0.4 is 5.32 Å². The van der Waals surface area contributed by atoms with Crippen molar-refractivity contribution in [3.63, 3.8) is 0 Å². The number of hydrogen-bond donors (Lipinski definition) is 1. The Kier molecular flexibility index (Phi) is 5.57. The molecule has 0 atom stereocenters. The van der Waals surface area contributed by atoms with Crippen molar-refractivity contribution in [3.8, 4) is 0 Å². The molecule has 32 heavy (non-hydrogen) atoms. The highest BCUT2D eigenvalue weighted by Gasteiger charge is 2.23. The summed E-state index contributed by atoms with van der Waals surface area (Å²) in [6, 6.07) is 15.6. The number of benzene rings is 2. The first kappa shape index (κ1) is 20.6. The van der Waals surface area contributed by atoms with Crippen molar-refractivity contribution in [1.82, 2.24) is 24.1 Å². The molecule has 0 radical (unpaired) electrons. The van der Waals surface area contributed by atoms with Gasteiger partial charge < -0.3 is 10.2 Å². The van der Waals surface area contributed by atoms with Crippen LogP contribution in [0, 0.1) is 6.92 Å². The predicted octanol–water partition coefficient (Wildman–Crippen LogP) is 3.35. The number of anilines is 1. The summed E-state index contributed by atoms with van der Waals surface area (Å²) in [5.41, 5.74) is 3.67. The summed E-state index contributed by atoms with van der Waals surface area (Å²) in [5.74, 6) is 0.816. The number of thioether (sulfide) groups is 1. The van der Waals surface area contributed by atoms with Crippen LogP contribution in [0.15, 0.2) is 53.7 Å². The van der Waals surface area contributed by atoms with Gasteiger partial charge in [0.15, 0.2) is 5.16 Å². The maximum absolute atomic E-state index is 12.8. The zero-order chi connectivity index (χ0) is 22.1. The topological polar surface area (TPSA) is 84.5 Å². The van der Waals surface area contributed by atoms with Gasteiger partial charge in [-0.15, -0.1) is 10.2 Å². The van der Waals surface area contributed by atoms with E-state index in [0.717, 1.165) is 48.2 Å². The Balaban J connectivity index is 1.39. The number of fused-ring (bicyclic) bond motifs is 3. The lowest BCUT2D eigenvalue weighted by atomic mass is 10.2. The number of hydrogen-bond acceptors (Lipinski definition) is 5. The first-order valence-corrected chi connectivity index (χ1v) is 11.7. The summed E-state index contributed by atoms with van der Waals surface area (Å²) in [6.45, 7) is 3.83. The van der Waals surface area contributed by atoms with Crippen LogP contribution in [0.25, 0.3) is 16.8 Å². The molecule has 2 aromatic heterocycles. The maximum Gasteiger partial charge on any atom is 0.242 e. The van der Waals surface area contributed by atoms with Crippen LogP contribution >= 0.6 is 11.8 Å². The number of imidazole rings is 1. The number of nitrogens with one attached hydrogen (secondary N) is 1. The molecule has 1 N–H and O–H groups in total. The number of nitrogens with zero attached hydrogens (tertiary/aromatic N) is 5. The average Bonchev–Trinajstić information content (AvgIpc) is 3.53. The quantitative estimate of drug-likeness (QED) is 0.457. The number of aryl methyl sites for hydroxylation is 1. The van der Waals surface area contributed by atoms with Crippen LogP contribution in [0.3, 0.4) is 0 Å². The number of para-hydroxylation sites is 3. The fourth-order valence-electron chi connectivity index (χ4n) is 4.12. The van der Waals surface area contributed by atoms with Gasteiger partial charge in [0.05, 0.1) is 16.8 Å². The molecule has 2 aromatic carbocycles. The summed E-state index contributed by atoms with van der Waals surface area (Å²) >= 11 is 1.33. The zero-order valence-electron chi connectivity index (χ0n) is 17.8. The molecular weight excluding hydrogens is 424 g/mol. The molecule has 0 aliphatic carbocycles. The lowest BCUT2D eigenvalue weighted by Crippen LogP contribution is -2.31. The first-order chi connectivity index (χ1) is 15.6. The molecule has 0 bridgehead atoms. The molecule has 8 nitrogen and oxygen atoms in total. The molecule has 0 saturated carbocycles. The maximum atomic E-state index is 12.8. The van der Waals surface area contributed by atoms with Crippen molar-refractivity contribution < 1.29 is 9.59 Å². The number of likely N-dealkylation sites (tertiary alicyclic amines) is 1. The van der Waals surface area contributed by atoms with Gasteiger partial charge >= 0.3 is 0 Å². The number of aromatic nitrogens is 4.